The molecule has 0 nitrogen and oxygen atoms in total. The fourth-order valence-electron chi connectivity index (χ4n) is 12.2. The van der Waals surface area contributed by atoms with Crippen LogP contribution in [0.4, 0.5) is 0 Å². The molecular weight excluding hydrogens is 769 g/mol. The Bertz CT molecular complexity index is 4100. The molecule has 0 heterocycles. The SMILES string of the molecule is CC(C)(C)c1cc2ccc3ccc4c5c(-c6ccccc6C(C)(C)C)c6cc7c(cc6c(-c6ccccc6C(C)(C)C)c5c5cc(c1)c2c3c45)c1cccc2c3ccccc3cc7c21. The molecule has 0 fully saturated rings. The van der Waals surface area contributed by atoms with E-state index in [0.717, 1.165) is 0 Å². The van der Waals surface area contributed by atoms with E-state index < -0.39 is 0 Å². The first-order valence-corrected chi connectivity index (χ1v) is 23.3. The van der Waals surface area contributed by atoms with E-state index in [4.69, 9.17) is 0 Å². The van der Waals surface area contributed by atoms with E-state index in [9.17, 15) is 0 Å². The van der Waals surface area contributed by atoms with Crippen LogP contribution in [-0.2, 0) is 16.2 Å². The maximum absolute atomic E-state index is 2.61. The summed E-state index contributed by atoms with van der Waals surface area (Å²) in [5.41, 5.74) is 9.28. The van der Waals surface area contributed by atoms with Crippen molar-refractivity contribution in [2.75, 3.05) is 0 Å². The zero-order valence-corrected chi connectivity index (χ0v) is 38.4. The molecule has 0 unspecified atom stereocenters. The second kappa shape index (κ2) is 12.5. The lowest BCUT2D eigenvalue weighted by Crippen LogP contribution is -2.13. The van der Waals surface area contributed by atoms with Crippen LogP contribution in [0.5, 0.6) is 0 Å². The van der Waals surface area contributed by atoms with Crippen LogP contribution in [0, 0.1) is 0 Å². The van der Waals surface area contributed by atoms with Crippen LogP contribution in [-0.4, -0.2) is 0 Å². The molecule has 0 bridgehead atoms. The summed E-state index contributed by atoms with van der Waals surface area (Å²) in [6.07, 6.45) is 0. The van der Waals surface area contributed by atoms with Gasteiger partial charge in [0.2, 0.25) is 0 Å². The third-order valence-corrected chi connectivity index (χ3v) is 15.0. The van der Waals surface area contributed by atoms with Crippen molar-refractivity contribution in [2.45, 2.75) is 78.6 Å². The lowest BCUT2D eigenvalue weighted by Gasteiger charge is -2.27. The zero-order chi connectivity index (χ0) is 43.8. The van der Waals surface area contributed by atoms with E-state index in [-0.39, 0.29) is 16.2 Å². The Morgan fingerprint density at radius 2 is 0.766 bits per heavy atom. The molecule has 13 rings (SSSR count). The summed E-state index contributed by atoms with van der Waals surface area (Å²) in [5, 5.41) is 26.8. The minimum atomic E-state index is -0.0918. The van der Waals surface area contributed by atoms with E-state index in [0.29, 0.717) is 0 Å². The predicted octanol–water partition coefficient (Wildman–Crippen LogP) is 18.8. The van der Waals surface area contributed by atoms with Gasteiger partial charge in [0.25, 0.3) is 0 Å². The fourth-order valence-corrected chi connectivity index (χ4v) is 12.2. The minimum Gasteiger partial charge on any atom is -0.0619 e. The molecule has 0 N–H and O–H groups in total. The Labute approximate surface area is 375 Å². The van der Waals surface area contributed by atoms with Crippen molar-refractivity contribution < 1.29 is 0 Å². The maximum atomic E-state index is 2.61. The molecule has 0 amide bonds. The molecule has 0 saturated carbocycles. The Kier molecular flexibility index (Phi) is 7.37. The summed E-state index contributed by atoms with van der Waals surface area (Å²) in [7, 11) is 0. The summed E-state index contributed by atoms with van der Waals surface area (Å²) in [4.78, 5) is 0. The van der Waals surface area contributed by atoms with Gasteiger partial charge in [-0.1, -0.05) is 190 Å². The molecule has 0 aliphatic carbocycles. The Hall–Kier alpha value is -6.76. The summed E-state index contributed by atoms with van der Waals surface area (Å²) < 4.78 is 0. The Morgan fingerprint density at radius 1 is 0.250 bits per heavy atom. The van der Waals surface area contributed by atoms with Crippen molar-refractivity contribution in [3.8, 4) is 22.3 Å². The number of rotatable bonds is 2. The molecule has 13 aromatic rings. The van der Waals surface area contributed by atoms with Crippen LogP contribution in [0.1, 0.15) is 79.0 Å². The molecule has 0 aromatic heterocycles. The van der Waals surface area contributed by atoms with Crippen molar-refractivity contribution in [3.63, 3.8) is 0 Å². The monoisotopic (exact) mass is 820 g/mol. The topological polar surface area (TPSA) is 0 Å². The van der Waals surface area contributed by atoms with Gasteiger partial charge in [0, 0.05) is 0 Å². The number of benzene rings is 11. The van der Waals surface area contributed by atoms with E-state index in [1.54, 1.807) is 0 Å². The number of hydrogen-bond donors (Lipinski definition) is 0. The van der Waals surface area contributed by atoms with Crippen LogP contribution >= 0.6 is 0 Å². The lowest BCUT2D eigenvalue weighted by atomic mass is 9.76. The Balaban J connectivity index is 1.36. The zero-order valence-electron chi connectivity index (χ0n) is 38.4. The molecule has 0 aliphatic rings. The average molecular weight is 821 g/mol. The maximum Gasteiger partial charge on any atom is -0.000708 e. The first-order chi connectivity index (χ1) is 30.7. The second-order valence-corrected chi connectivity index (χ2v) is 22.0. The van der Waals surface area contributed by atoms with E-state index >= 15 is 0 Å². The highest BCUT2D eigenvalue weighted by atomic mass is 14.3. The van der Waals surface area contributed by atoms with Gasteiger partial charge in [0.05, 0.1) is 0 Å². The summed E-state index contributed by atoms with van der Waals surface area (Å²) in [5.74, 6) is 0. The lowest BCUT2D eigenvalue weighted by molar-refractivity contribution is 0.591. The molecular formula is C64H52. The predicted molar refractivity (Wildman–Crippen MR) is 282 cm³/mol. The molecule has 0 heteroatoms. The van der Waals surface area contributed by atoms with Gasteiger partial charge in [-0.15, -0.1) is 0 Å². The molecule has 0 atom stereocenters. The van der Waals surface area contributed by atoms with E-state index in [2.05, 4.69) is 214 Å². The van der Waals surface area contributed by atoms with Crippen LogP contribution in [0.25, 0.3) is 130 Å². The molecule has 0 radical (unpaired) electrons. The van der Waals surface area contributed by atoms with Gasteiger partial charge in [0.15, 0.2) is 0 Å². The normalized spacial score (nSPS) is 13.4. The van der Waals surface area contributed by atoms with E-state index in [1.807, 2.05) is 0 Å². The van der Waals surface area contributed by atoms with Crippen molar-refractivity contribution in [3.05, 3.63) is 168 Å². The molecule has 13 aromatic carbocycles. The summed E-state index contributed by atoms with van der Waals surface area (Å²) in [6.45, 7) is 21.3. The van der Waals surface area contributed by atoms with Crippen molar-refractivity contribution in [2.24, 2.45) is 0 Å². The Morgan fingerprint density at radius 3 is 1.42 bits per heavy atom. The molecule has 0 aliphatic heterocycles. The van der Waals surface area contributed by atoms with E-state index in [1.165, 1.54) is 147 Å². The molecule has 308 valence electrons. The van der Waals surface area contributed by atoms with Crippen LogP contribution in [0.3, 0.4) is 0 Å². The number of fused-ring (bicyclic) bond motifs is 9. The van der Waals surface area contributed by atoms with Crippen molar-refractivity contribution in [1.82, 2.24) is 0 Å². The van der Waals surface area contributed by atoms with Gasteiger partial charge in [0.1, 0.15) is 0 Å². The molecule has 0 saturated heterocycles. The first-order valence-electron chi connectivity index (χ1n) is 23.3. The highest BCUT2D eigenvalue weighted by molar-refractivity contribution is 6.46. The van der Waals surface area contributed by atoms with Crippen LogP contribution in [0.2, 0.25) is 0 Å². The van der Waals surface area contributed by atoms with Crippen molar-refractivity contribution in [1.29, 1.82) is 0 Å². The largest absolute Gasteiger partial charge is 0.0619 e. The fraction of sp³-hybridized carbons (Fsp3) is 0.188. The third kappa shape index (κ3) is 5.00. The summed E-state index contributed by atoms with van der Waals surface area (Å²) >= 11 is 0. The van der Waals surface area contributed by atoms with Crippen LogP contribution in [0.15, 0.2) is 152 Å². The highest BCUT2D eigenvalue weighted by Gasteiger charge is 2.31. The van der Waals surface area contributed by atoms with Gasteiger partial charge in [-0.05, 0) is 187 Å². The number of hydrogen-bond acceptors (Lipinski definition) is 0. The quantitative estimate of drug-likeness (QED) is 0.152. The average Bonchev–Trinajstić information content (AvgIpc) is 3.76. The van der Waals surface area contributed by atoms with Crippen molar-refractivity contribution >= 4 is 108 Å². The van der Waals surface area contributed by atoms with Gasteiger partial charge < -0.3 is 0 Å². The van der Waals surface area contributed by atoms with Gasteiger partial charge >= 0.3 is 0 Å². The van der Waals surface area contributed by atoms with Gasteiger partial charge in [-0.25, -0.2) is 0 Å². The third-order valence-electron chi connectivity index (χ3n) is 15.0. The van der Waals surface area contributed by atoms with Crippen LogP contribution < -0.4 is 0 Å². The molecule has 64 heavy (non-hydrogen) atoms. The highest BCUT2D eigenvalue weighted by Crippen LogP contribution is 2.57. The first kappa shape index (κ1) is 37.8. The standard InChI is InChI=1S/C64H52/c1-62(2,3)39-29-37-26-25-35-27-28-45-59-51(32-38(30-39)54(37)55(35)59)61-58(44-20-13-15-24-53(44)64(7,8)9)49-33-46-42-22-16-21-41-40-18-11-10-17-36(40)31-48(56(41)42)47(46)34-50(49)57(60(45)61)43-19-12-14-23-52(43)63(4,5)6/h10-34H,1-9H3. The molecule has 0 spiro atoms. The smallest absolute Gasteiger partial charge is 0.000708 e. The minimum absolute atomic E-state index is 0.0113. The summed E-state index contributed by atoms with van der Waals surface area (Å²) in [6, 6.07) is 59.3. The van der Waals surface area contributed by atoms with Gasteiger partial charge in [-0.2, -0.15) is 0 Å². The van der Waals surface area contributed by atoms with Gasteiger partial charge in [-0.3, -0.25) is 0 Å². The second-order valence-electron chi connectivity index (χ2n) is 22.0.